The summed E-state index contributed by atoms with van der Waals surface area (Å²) in [6, 6.07) is 0. The van der Waals surface area contributed by atoms with E-state index >= 15 is 0 Å². The fourth-order valence-electron chi connectivity index (χ4n) is 2.62. The molecule has 7 nitrogen and oxygen atoms in total. The van der Waals surface area contributed by atoms with E-state index in [2.05, 4.69) is 20.5 Å². The Morgan fingerprint density at radius 1 is 1.37 bits per heavy atom. The smallest absolute Gasteiger partial charge is 0.276 e. The number of aromatic amines is 1. The van der Waals surface area contributed by atoms with Crippen LogP contribution in [0, 0.1) is 0 Å². The molecule has 0 atom stereocenters. The molecular formula is C12H14N6O. The highest BCUT2D eigenvalue weighted by Crippen LogP contribution is 2.40. The third-order valence-corrected chi connectivity index (χ3v) is 3.88. The van der Waals surface area contributed by atoms with Crippen LogP contribution in [0.4, 0.5) is 0 Å². The second-order valence-electron chi connectivity index (χ2n) is 5.23. The van der Waals surface area contributed by atoms with Crippen LogP contribution < -0.4 is 0 Å². The minimum atomic E-state index is -0.0353. The van der Waals surface area contributed by atoms with Gasteiger partial charge in [0, 0.05) is 25.1 Å². The van der Waals surface area contributed by atoms with Gasteiger partial charge in [-0.05, 0) is 12.8 Å². The van der Waals surface area contributed by atoms with Crippen LogP contribution in [0.25, 0.3) is 0 Å². The molecule has 1 fully saturated rings. The van der Waals surface area contributed by atoms with Gasteiger partial charge in [-0.3, -0.25) is 9.48 Å². The summed E-state index contributed by atoms with van der Waals surface area (Å²) < 4.78 is 1.83. The van der Waals surface area contributed by atoms with Crippen molar-refractivity contribution in [2.24, 2.45) is 7.05 Å². The van der Waals surface area contributed by atoms with Gasteiger partial charge in [0.05, 0.1) is 24.1 Å². The van der Waals surface area contributed by atoms with Crippen LogP contribution in [0.2, 0.25) is 0 Å². The molecule has 0 aromatic carbocycles. The highest BCUT2D eigenvalue weighted by atomic mass is 16.2. The second-order valence-corrected chi connectivity index (χ2v) is 5.23. The number of amides is 1. The van der Waals surface area contributed by atoms with Crippen LogP contribution in [0.15, 0.2) is 6.20 Å². The molecule has 1 aliphatic heterocycles. The summed E-state index contributed by atoms with van der Waals surface area (Å²) in [7, 11) is 1.90. The number of fused-ring (bicyclic) bond motifs is 1. The molecule has 7 heteroatoms. The molecule has 0 saturated heterocycles. The molecule has 0 unspecified atom stereocenters. The number of carbonyl (C=O) groups excluding carboxylic acids is 1. The van der Waals surface area contributed by atoms with E-state index in [9.17, 15) is 4.79 Å². The second kappa shape index (κ2) is 3.66. The van der Waals surface area contributed by atoms with E-state index in [0.717, 1.165) is 29.8 Å². The molecule has 1 saturated carbocycles. The number of H-pyrrole nitrogens is 1. The summed E-state index contributed by atoms with van der Waals surface area (Å²) in [5.41, 5.74) is 3.54. The first-order chi connectivity index (χ1) is 9.24. The van der Waals surface area contributed by atoms with Crippen molar-refractivity contribution in [1.82, 2.24) is 30.1 Å². The average Bonchev–Trinajstić information content (AvgIpc) is 2.88. The number of hydrogen-bond acceptors (Lipinski definition) is 4. The SMILES string of the molecule is Cn1ncc2c1CN(C(=O)c1n[nH]nc1C1CC1)C2. The predicted molar refractivity (Wildman–Crippen MR) is 65.1 cm³/mol. The Morgan fingerprint density at radius 3 is 2.95 bits per heavy atom. The van der Waals surface area contributed by atoms with Gasteiger partial charge in [0.2, 0.25) is 0 Å². The Hall–Kier alpha value is -2.18. The fraction of sp³-hybridized carbons (Fsp3) is 0.500. The van der Waals surface area contributed by atoms with E-state index in [-0.39, 0.29) is 5.91 Å². The molecule has 2 aliphatic rings. The van der Waals surface area contributed by atoms with Gasteiger partial charge < -0.3 is 4.90 Å². The zero-order valence-electron chi connectivity index (χ0n) is 10.6. The highest BCUT2D eigenvalue weighted by Gasteiger charge is 2.35. The summed E-state index contributed by atoms with van der Waals surface area (Å²) in [6.45, 7) is 1.21. The van der Waals surface area contributed by atoms with Crippen molar-refractivity contribution in [3.05, 3.63) is 28.8 Å². The van der Waals surface area contributed by atoms with Crippen molar-refractivity contribution in [1.29, 1.82) is 0 Å². The van der Waals surface area contributed by atoms with E-state index in [1.54, 1.807) is 4.90 Å². The van der Waals surface area contributed by atoms with Crippen LogP contribution in [0.1, 0.15) is 46.2 Å². The Morgan fingerprint density at radius 2 is 2.21 bits per heavy atom. The molecule has 1 amide bonds. The Balaban J connectivity index is 1.60. The average molecular weight is 258 g/mol. The van der Waals surface area contributed by atoms with Crippen LogP contribution >= 0.6 is 0 Å². The van der Waals surface area contributed by atoms with E-state index in [1.165, 1.54) is 0 Å². The van der Waals surface area contributed by atoms with Crippen molar-refractivity contribution >= 4 is 5.91 Å². The van der Waals surface area contributed by atoms with Gasteiger partial charge in [-0.1, -0.05) is 0 Å². The molecule has 1 aliphatic carbocycles. The Kier molecular flexibility index (Phi) is 2.06. The van der Waals surface area contributed by atoms with Gasteiger partial charge in [-0.25, -0.2) is 0 Å². The number of aromatic nitrogens is 5. The molecule has 0 spiro atoms. The molecule has 0 bridgehead atoms. The zero-order valence-corrected chi connectivity index (χ0v) is 10.6. The number of rotatable bonds is 2. The van der Waals surface area contributed by atoms with Gasteiger partial charge in [0.1, 0.15) is 0 Å². The monoisotopic (exact) mass is 258 g/mol. The molecule has 1 N–H and O–H groups in total. The maximum Gasteiger partial charge on any atom is 0.276 e. The van der Waals surface area contributed by atoms with Gasteiger partial charge in [0.25, 0.3) is 5.91 Å². The van der Waals surface area contributed by atoms with Crippen LogP contribution in [-0.4, -0.2) is 36.0 Å². The van der Waals surface area contributed by atoms with Gasteiger partial charge in [-0.15, -0.1) is 0 Å². The third-order valence-electron chi connectivity index (χ3n) is 3.88. The summed E-state index contributed by atoms with van der Waals surface area (Å²) >= 11 is 0. The molecule has 98 valence electrons. The van der Waals surface area contributed by atoms with E-state index in [1.807, 2.05) is 17.9 Å². The first-order valence-electron chi connectivity index (χ1n) is 6.43. The lowest BCUT2D eigenvalue weighted by atomic mass is 10.2. The van der Waals surface area contributed by atoms with Gasteiger partial charge in [0.15, 0.2) is 5.69 Å². The number of aryl methyl sites for hydroxylation is 1. The minimum Gasteiger partial charge on any atom is -0.327 e. The normalized spacial score (nSPS) is 17.8. The summed E-state index contributed by atoms with van der Waals surface area (Å²) in [6.07, 6.45) is 4.04. The molecule has 3 heterocycles. The van der Waals surface area contributed by atoms with E-state index in [4.69, 9.17) is 0 Å². The molecule has 4 rings (SSSR count). The van der Waals surface area contributed by atoms with E-state index < -0.39 is 0 Å². The third kappa shape index (κ3) is 1.57. The van der Waals surface area contributed by atoms with Crippen molar-refractivity contribution < 1.29 is 4.79 Å². The number of nitrogens with one attached hydrogen (secondary N) is 1. The predicted octanol–water partition coefficient (Wildman–Crippen LogP) is 0.572. The zero-order chi connectivity index (χ0) is 13.0. The maximum atomic E-state index is 12.5. The van der Waals surface area contributed by atoms with Crippen molar-refractivity contribution in [2.45, 2.75) is 31.8 Å². The lowest BCUT2D eigenvalue weighted by Gasteiger charge is -2.14. The molecule has 2 aromatic heterocycles. The molecule has 19 heavy (non-hydrogen) atoms. The summed E-state index contributed by atoms with van der Waals surface area (Å²) in [4.78, 5) is 14.3. The molecular weight excluding hydrogens is 244 g/mol. The Bertz CT molecular complexity index is 653. The number of hydrogen-bond donors (Lipinski definition) is 1. The van der Waals surface area contributed by atoms with Gasteiger partial charge in [-0.2, -0.15) is 20.5 Å². The molecule has 2 aromatic rings. The minimum absolute atomic E-state index is 0.0353. The largest absolute Gasteiger partial charge is 0.327 e. The summed E-state index contributed by atoms with van der Waals surface area (Å²) in [5, 5.41) is 14.9. The first-order valence-corrected chi connectivity index (χ1v) is 6.43. The van der Waals surface area contributed by atoms with Crippen molar-refractivity contribution in [2.75, 3.05) is 0 Å². The molecule has 0 radical (unpaired) electrons. The number of carbonyl (C=O) groups is 1. The first kappa shape index (κ1) is 10.7. The van der Waals surface area contributed by atoms with Gasteiger partial charge >= 0.3 is 0 Å². The summed E-state index contributed by atoms with van der Waals surface area (Å²) in [5.74, 6) is 0.385. The van der Waals surface area contributed by atoms with E-state index in [0.29, 0.717) is 24.7 Å². The maximum absolute atomic E-state index is 12.5. The lowest BCUT2D eigenvalue weighted by Crippen LogP contribution is -2.27. The lowest BCUT2D eigenvalue weighted by molar-refractivity contribution is 0.0741. The Labute approximate surface area is 109 Å². The topological polar surface area (TPSA) is 79.7 Å². The van der Waals surface area contributed by atoms with Crippen molar-refractivity contribution in [3.8, 4) is 0 Å². The highest BCUT2D eigenvalue weighted by molar-refractivity contribution is 5.93. The standard InChI is InChI=1S/C12H14N6O/c1-17-9-6-18(5-8(9)4-13-17)12(19)11-10(7-2-3-7)14-16-15-11/h4,7H,2-3,5-6H2,1H3,(H,14,15,16). The number of nitrogens with zero attached hydrogens (tertiary/aromatic N) is 5. The van der Waals surface area contributed by atoms with Crippen LogP contribution in [0.5, 0.6) is 0 Å². The van der Waals surface area contributed by atoms with Crippen LogP contribution in [0.3, 0.4) is 0 Å². The quantitative estimate of drug-likeness (QED) is 0.854. The fourth-order valence-corrected chi connectivity index (χ4v) is 2.62. The van der Waals surface area contributed by atoms with Crippen molar-refractivity contribution in [3.63, 3.8) is 0 Å². The van der Waals surface area contributed by atoms with Crippen LogP contribution in [-0.2, 0) is 20.1 Å².